The van der Waals surface area contributed by atoms with Crippen molar-refractivity contribution in [2.45, 2.75) is 6.92 Å². The number of amides is 1. The Morgan fingerprint density at radius 2 is 1.86 bits per heavy atom. The highest BCUT2D eigenvalue weighted by Crippen LogP contribution is 2.33. The maximum atomic E-state index is 12.7. The molecule has 0 saturated carbocycles. The van der Waals surface area contributed by atoms with Gasteiger partial charge in [-0.3, -0.25) is 4.79 Å². The summed E-state index contributed by atoms with van der Waals surface area (Å²) < 4.78 is 20.9. The molecule has 3 aromatic rings. The number of ether oxygens (including phenoxy) is 3. The number of carbonyl (C=O) groups excluding carboxylic acids is 2. The number of rotatable bonds is 7. The summed E-state index contributed by atoms with van der Waals surface area (Å²) in [6.07, 6.45) is 1.19. The van der Waals surface area contributed by atoms with Crippen molar-refractivity contribution in [2.75, 3.05) is 26.1 Å². The Bertz CT molecular complexity index is 1030. The van der Waals surface area contributed by atoms with Gasteiger partial charge in [0.05, 0.1) is 26.4 Å². The van der Waals surface area contributed by atoms with Crippen molar-refractivity contribution < 1.29 is 28.2 Å². The van der Waals surface area contributed by atoms with Crippen molar-refractivity contribution >= 4 is 17.6 Å². The topological polar surface area (TPSA) is 99.9 Å². The van der Waals surface area contributed by atoms with Gasteiger partial charge in [-0.1, -0.05) is 6.07 Å². The largest absolute Gasteiger partial charge is 0.493 e. The van der Waals surface area contributed by atoms with Crippen LogP contribution in [0.2, 0.25) is 0 Å². The predicted molar refractivity (Wildman–Crippen MR) is 105 cm³/mol. The molecule has 0 aliphatic rings. The van der Waals surface area contributed by atoms with Crippen LogP contribution in [-0.2, 0) is 4.74 Å². The molecular formula is C21H20N2O6. The fourth-order valence-corrected chi connectivity index (χ4v) is 2.72. The lowest BCUT2D eigenvalue weighted by atomic mass is 10.1. The summed E-state index contributed by atoms with van der Waals surface area (Å²) >= 11 is 0. The number of nitrogens with one attached hydrogen (secondary N) is 1. The molecule has 0 radical (unpaired) electrons. The van der Waals surface area contributed by atoms with E-state index in [4.69, 9.17) is 18.6 Å². The maximum absolute atomic E-state index is 12.7. The van der Waals surface area contributed by atoms with Crippen molar-refractivity contribution in [3.63, 3.8) is 0 Å². The van der Waals surface area contributed by atoms with Crippen LogP contribution < -0.4 is 14.8 Å². The Hall–Kier alpha value is -3.81. The highest BCUT2D eigenvalue weighted by atomic mass is 16.5. The average molecular weight is 396 g/mol. The molecule has 0 spiro atoms. The molecule has 0 saturated heterocycles. The molecule has 1 amide bonds. The normalized spacial score (nSPS) is 10.3. The number of hydrogen-bond acceptors (Lipinski definition) is 7. The van der Waals surface area contributed by atoms with Crippen LogP contribution in [0.3, 0.4) is 0 Å². The van der Waals surface area contributed by atoms with Crippen molar-refractivity contribution in [1.82, 2.24) is 4.98 Å². The second kappa shape index (κ2) is 8.92. The van der Waals surface area contributed by atoms with Crippen LogP contribution >= 0.6 is 0 Å². The van der Waals surface area contributed by atoms with Gasteiger partial charge in [-0.15, -0.1) is 0 Å². The molecule has 150 valence electrons. The first kappa shape index (κ1) is 19.9. The van der Waals surface area contributed by atoms with E-state index in [2.05, 4.69) is 10.3 Å². The van der Waals surface area contributed by atoms with Crippen LogP contribution in [0.4, 0.5) is 5.69 Å². The smallest absolute Gasteiger partial charge is 0.338 e. The minimum atomic E-state index is -0.482. The van der Waals surface area contributed by atoms with E-state index in [9.17, 15) is 9.59 Å². The van der Waals surface area contributed by atoms with E-state index in [1.807, 2.05) is 0 Å². The van der Waals surface area contributed by atoms with Crippen molar-refractivity contribution in [3.05, 3.63) is 60.1 Å². The molecule has 0 atom stereocenters. The van der Waals surface area contributed by atoms with Gasteiger partial charge in [0, 0.05) is 11.3 Å². The SMILES string of the molecule is CCOC(=O)c1cccc(NC(=O)c2ncoc2-c2ccc(OC)c(OC)c2)c1. The van der Waals surface area contributed by atoms with Gasteiger partial charge >= 0.3 is 5.97 Å². The molecular weight excluding hydrogens is 376 g/mol. The van der Waals surface area contributed by atoms with Gasteiger partial charge in [0.15, 0.2) is 29.3 Å². The number of nitrogens with zero attached hydrogens (tertiary/aromatic N) is 1. The second-order valence-corrected chi connectivity index (χ2v) is 5.86. The fourth-order valence-electron chi connectivity index (χ4n) is 2.72. The molecule has 2 aromatic carbocycles. The summed E-state index contributed by atoms with van der Waals surface area (Å²) in [7, 11) is 3.06. The summed E-state index contributed by atoms with van der Waals surface area (Å²) in [6, 6.07) is 11.6. The zero-order chi connectivity index (χ0) is 20.8. The number of methoxy groups -OCH3 is 2. The predicted octanol–water partition coefficient (Wildman–Crippen LogP) is 3.79. The lowest BCUT2D eigenvalue weighted by Gasteiger charge is -2.09. The summed E-state index contributed by atoms with van der Waals surface area (Å²) in [6.45, 7) is 1.99. The first-order valence-corrected chi connectivity index (χ1v) is 8.81. The first-order chi connectivity index (χ1) is 14.1. The van der Waals surface area contributed by atoms with E-state index in [1.165, 1.54) is 26.7 Å². The lowest BCUT2D eigenvalue weighted by molar-refractivity contribution is 0.0526. The number of carbonyl (C=O) groups is 2. The quantitative estimate of drug-likeness (QED) is 0.607. The van der Waals surface area contributed by atoms with E-state index in [1.54, 1.807) is 43.3 Å². The Labute approximate surface area is 167 Å². The molecule has 1 aromatic heterocycles. The zero-order valence-electron chi connectivity index (χ0n) is 16.2. The molecule has 0 aliphatic heterocycles. The third kappa shape index (κ3) is 4.37. The van der Waals surface area contributed by atoms with Crippen LogP contribution in [-0.4, -0.2) is 37.7 Å². The maximum Gasteiger partial charge on any atom is 0.338 e. The fraction of sp³-hybridized carbons (Fsp3) is 0.190. The molecule has 0 unspecified atom stereocenters. The molecule has 0 bridgehead atoms. The Kier molecular flexibility index (Phi) is 6.13. The highest BCUT2D eigenvalue weighted by Gasteiger charge is 2.20. The van der Waals surface area contributed by atoms with Crippen molar-refractivity contribution in [1.29, 1.82) is 0 Å². The van der Waals surface area contributed by atoms with Gasteiger partial charge in [0.2, 0.25) is 0 Å². The standard InChI is InChI=1S/C21H20N2O6/c1-4-28-21(25)14-6-5-7-15(10-14)23-20(24)18-19(29-12-22-18)13-8-9-16(26-2)17(11-13)27-3/h5-12H,4H2,1-3H3,(H,23,24). The molecule has 0 fully saturated rings. The minimum absolute atomic E-state index is 0.0961. The minimum Gasteiger partial charge on any atom is -0.493 e. The number of hydrogen-bond donors (Lipinski definition) is 1. The molecule has 3 rings (SSSR count). The number of anilines is 1. The van der Waals surface area contributed by atoms with E-state index >= 15 is 0 Å². The van der Waals surface area contributed by atoms with Gasteiger partial charge in [-0.2, -0.15) is 0 Å². The molecule has 1 heterocycles. The van der Waals surface area contributed by atoms with Crippen LogP contribution in [0.1, 0.15) is 27.8 Å². The number of benzene rings is 2. The molecule has 0 aliphatic carbocycles. The highest BCUT2D eigenvalue weighted by molar-refractivity contribution is 6.06. The van der Waals surface area contributed by atoms with Crippen LogP contribution in [0.15, 0.2) is 53.3 Å². The summed E-state index contributed by atoms with van der Waals surface area (Å²) in [5.74, 6) is 0.387. The van der Waals surface area contributed by atoms with Gasteiger partial charge in [-0.05, 0) is 43.3 Å². The third-order valence-electron chi connectivity index (χ3n) is 4.06. The third-order valence-corrected chi connectivity index (χ3v) is 4.06. The zero-order valence-corrected chi connectivity index (χ0v) is 16.2. The summed E-state index contributed by atoms with van der Waals surface area (Å²) in [5.41, 5.74) is 1.47. The van der Waals surface area contributed by atoms with Crippen LogP contribution in [0.5, 0.6) is 11.5 Å². The Morgan fingerprint density at radius 1 is 1.07 bits per heavy atom. The Balaban J connectivity index is 1.85. The molecule has 29 heavy (non-hydrogen) atoms. The van der Waals surface area contributed by atoms with Gasteiger partial charge in [0.25, 0.3) is 5.91 Å². The van der Waals surface area contributed by atoms with E-state index in [-0.39, 0.29) is 18.1 Å². The van der Waals surface area contributed by atoms with Crippen molar-refractivity contribution in [3.8, 4) is 22.8 Å². The lowest BCUT2D eigenvalue weighted by Crippen LogP contribution is -2.14. The van der Waals surface area contributed by atoms with Crippen LogP contribution in [0.25, 0.3) is 11.3 Å². The first-order valence-electron chi connectivity index (χ1n) is 8.81. The molecule has 8 heteroatoms. The number of oxazole rings is 1. The van der Waals surface area contributed by atoms with E-state index in [0.29, 0.717) is 28.3 Å². The monoisotopic (exact) mass is 396 g/mol. The second-order valence-electron chi connectivity index (χ2n) is 5.86. The summed E-state index contributed by atoms with van der Waals surface area (Å²) in [4.78, 5) is 28.7. The number of aromatic nitrogens is 1. The summed E-state index contributed by atoms with van der Waals surface area (Å²) in [5, 5.41) is 2.72. The van der Waals surface area contributed by atoms with Gasteiger partial charge in [0.1, 0.15) is 0 Å². The van der Waals surface area contributed by atoms with Gasteiger partial charge in [-0.25, -0.2) is 9.78 Å². The van der Waals surface area contributed by atoms with Gasteiger partial charge < -0.3 is 23.9 Å². The Morgan fingerprint density at radius 3 is 2.59 bits per heavy atom. The van der Waals surface area contributed by atoms with Crippen LogP contribution in [0, 0.1) is 0 Å². The number of esters is 1. The average Bonchev–Trinajstić information content (AvgIpc) is 3.23. The van der Waals surface area contributed by atoms with E-state index < -0.39 is 11.9 Å². The molecule has 1 N–H and O–H groups in total. The van der Waals surface area contributed by atoms with Crippen molar-refractivity contribution in [2.24, 2.45) is 0 Å². The van der Waals surface area contributed by atoms with E-state index in [0.717, 1.165) is 0 Å². The molecule has 8 nitrogen and oxygen atoms in total.